The van der Waals surface area contributed by atoms with Crippen LogP contribution in [0.25, 0.3) is 0 Å². The van der Waals surface area contributed by atoms with E-state index < -0.39 is 6.04 Å². The van der Waals surface area contributed by atoms with Crippen LogP contribution in [0.2, 0.25) is 0 Å². The number of para-hydroxylation sites is 1. The predicted octanol–water partition coefficient (Wildman–Crippen LogP) is 1.93. The summed E-state index contributed by atoms with van der Waals surface area (Å²) in [6, 6.07) is 4.56. The van der Waals surface area contributed by atoms with Gasteiger partial charge in [-0.2, -0.15) is 0 Å². The van der Waals surface area contributed by atoms with Crippen molar-refractivity contribution in [1.82, 2.24) is 0 Å². The van der Waals surface area contributed by atoms with Crippen LogP contribution in [0.1, 0.15) is 24.0 Å². The van der Waals surface area contributed by atoms with Gasteiger partial charge in [0, 0.05) is 23.1 Å². The van der Waals surface area contributed by atoms with E-state index in [9.17, 15) is 15.2 Å². The molecule has 0 aliphatic heterocycles. The Balaban J connectivity index is 2.11. The molecule has 1 aliphatic rings. The topological polar surface area (TPSA) is 75.7 Å². The number of phenolic OH excluding ortho intramolecular Hbond substituents is 1. The van der Waals surface area contributed by atoms with Crippen molar-refractivity contribution in [1.29, 1.82) is 0 Å². The molecule has 0 spiro atoms. The number of nitrogens with zero attached hydrogens (tertiary/aromatic N) is 2. The van der Waals surface area contributed by atoms with Crippen LogP contribution in [0, 0.1) is 17.0 Å². The fourth-order valence-corrected chi connectivity index (χ4v) is 1.85. The lowest BCUT2D eigenvalue weighted by Crippen LogP contribution is -2.41. The summed E-state index contributed by atoms with van der Waals surface area (Å²) in [4.78, 5) is 14.5. The maximum Gasteiger partial charge on any atom is 0.235 e. The van der Waals surface area contributed by atoms with Gasteiger partial charge in [-0.3, -0.25) is 15.1 Å². The molecule has 5 nitrogen and oxygen atoms in total. The van der Waals surface area contributed by atoms with Gasteiger partial charge < -0.3 is 5.11 Å². The molecule has 1 aliphatic carbocycles. The summed E-state index contributed by atoms with van der Waals surface area (Å²) < 4.78 is 0. The maximum atomic E-state index is 10.6. The van der Waals surface area contributed by atoms with Gasteiger partial charge in [-0.05, 0) is 25.0 Å². The number of nitro groups is 1. The summed E-state index contributed by atoms with van der Waals surface area (Å²) in [6.45, 7) is 1.80. The van der Waals surface area contributed by atoms with Crippen LogP contribution in [-0.2, 0) is 0 Å². The molecule has 0 saturated heterocycles. The molecule has 90 valence electrons. The Hall–Kier alpha value is -1.91. The molecular weight excluding hydrogens is 220 g/mol. The average molecular weight is 234 g/mol. The van der Waals surface area contributed by atoms with E-state index in [4.69, 9.17) is 0 Å². The van der Waals surface area contributed by atoms with E-state index >= 15 is 0 Å². The summed E-state index contributed by atoms with van der Waals surface area (Å²) in [6.07, 6.45) is 2.87. The lowest BCUT2D eigenvalue weighted by molar-refractivity contribution is -0.538. The zero-order chi connectivity index (χ0) is 12.4. The van der Waals surface area contributed by atoms with Crippen LogP contribution in [0.4, 0.5) is 0 Å². The zero-order valence-corrected chi connectivity index (χ0v) is 9.54. The van der Waals surface area contributed by atoms with E-state index in [0.29, 0.717) is 12.0 Å². The van der Waals surface area contributed by atoms with E-state index in [1.165, 1.54) is 6.21 Å². The summed E-state index contributed by atoms with van der Waals surface area (Å²) in [5, 5.41) is 20.4. The van der Waals surface area contributed by atoms with Crippen molar-refractivity contribution < 1.29 is 10.0 Å². The van der Waals surface area contributed by atoms with Crippen molar-refractivity contribution in [2.45, 2.75) is 31.8 Å². The molecule has 0 bridgehead atoms. The average Bonchev–Trinajstić information content (AvgIpc) is 2.22. The van der Waals surface area contributed by atoms with Crippen LogP contribution in [0.3, 0.4) is 0 Å². The third kappa shape index (κ3) is 2.27. The van der Waals surface area contributed by atoms with Crippen LogP contribution in [-0.4, -0.2) is 28.3 Å². The van der Waals surface area contributed by atoms with Crippen molar-refractivity contribution in [2.24, 2.45) is 4.99 Å². The largest absolute Gasteiger partial charge is 0.507 e. The van der Waals surface area contributed by atoms with Crippen molar-refractivity contribution in [3.8, 4) is 5.75 Å². The first-order chi connectivity index (χ1) is 8.09. The van der Waals surface area contributed by atoms with E-state index in [1.807, 2.05) is 6.07 Å². The standard InChI is InChI=1S/C12H14N2O3/c1-8-3-2-4-9(12(8)15)7-13-10-5-6-11(10)14(16)17/h2-4,7,10-11,15H,5-6H2,1H3. The summed E-state index contributed by atoms with van der Waals surface area (Å²) in [5.41, 5.74) is 1.38. The van der Waals surface area contributed by atoms with Gasteiger partial charge in [0.05, 0.1) is 0 Å². The van der Waals surface area contributed by atoms with Gasteiger partial charge in [0.2, 0.25) is 6.04 Å². The molecule has 2 rings (SSSR count). The molecular formula is C12H14N2O3. The Bertz CT molecular complexity index is 471. The number of aromatic hydroxyl groups is 1. The first-order valence-corrected chi connectivity index (χ1v) is 5.55. The fourth-order valence-electron chi connectivity index (χ4n) is 1.85. The summed E-state index contributed by atoms with van der Waals surface area (Å²) in [5.74, 6) is 0.188. The van der Waals surface area contributed by atoms with Gasteiger partial charge in [-0.1, -0.05) is 12.1 Å². The number of aliphatic imine (C=N–C) groups is 1. The smallest absolute Gasteiger partial charge is 0.235 e. The first-order valence-electron chi connectivity index (χ1n) is 5.55. The first kappa shape index (κ1) is 11.6. The lowest BCUT2D eigenvalue weighted by Gasteiger charge is -2.25. The molecule has 0 aromatic heterocycles. The maximum absolute atomic E-state index is 10.6. The second-order valence-corrected chi connectivity index (χ2v) is 4.29. The monoisotopic (exact) mass is 234 g/mol. The fraction of sp³-hybridized carbons (Fsp3) is 0.417. The van der Waals surface area contributed by atoms with Gasteiger partial charge >= 0.3 is 0 Å². The van der Waals surface area contributed by atoms with Gasteiger partial charge in [-0.25, -0.2) is 0 Å². The van der Waals surface area contributed by atoms with Gasteiger partial charge in [0.25, 0.3) is 0 Å². The highest BCUT2D eigenvalue weighted by Crippen LogP contribution is 2.26. The predicted molar refractivity (Wildman–Crippen MR) is 64.2 cm³/mol. The van der Waals surface area contributed by atoms with E-state index in [2.05, 4.69) is 4.99 Å². The molecule has 2 atom stereocenters. The van der Waals surface area contributed by atoms with Crippen molar-refractivity contribution in [3.05, 3.63) is 39.4 Å². The summed E-state index contributed by atoms with van der Waals surface area (Å²) in [7, 11) is 0. The molecule has 2 unspecified atom stereocenters. The van der Waals surface area contributed by atoms with Crippen LogP contribution >= 0.6 is 0 Å². The third-order valence-corrected chi connectivity index (χ3v) is 3.15. The second-order valence-electron chi connectivity index (χ2n) is 4.29. The molecule has 1 aromatic carbocycles. The SMILES string of the molecule is Cc1cccc(C=NC2CCC2[N+](=O)[O-])c1O. The third-order valence-electron chi connectivity index (χ3n) is 3.15. The quantitative estimate of drug-likeness (QED) is 0.493. The number of hydrogen-bond donors (Lipinski definition) is 1. The Morgan fingerprint density at radius 1 is 1.53 bits per heavy atom. The van der Waals surface area contributed by atoms with E-state index in [0.717, 1.165) is 12.0 Å². The highest BCUT2D eigenvalue weighted by molar-refractivity contribution is 5.84. The van der Waals surface area contributed by atoms with Crippen LogP contribution < -0.4 is 0 Å². The van der Waals surface area contributed by atoms with E-state index in [1.54, 1.807) is 19.1 Å². The number of rotatable bonds is 3. The molecule has 0 amide bonds. The molecule has 17 heavy (non-hydrogen) atoms. The van der Waals surface area contributed by atoms with Gasteiger partial charge in [0.15, 0.2) is 0 Å². The Kier molecular flexibility index (Phi) is 3.08. The second kappa shape index (κ2) is 4.53. The number of benzene rings is 1. The molecule has 1 aromatic rings. The van der Waals surface area contributed by atoms with Gasteiger partial charge in [-0.15, -0.1) is 0 Å². The lowest BCUT2D eigenvalue weighted by atomic mass is 9.87. The van der Waals surface area contributed by atoms with Crippen LogP contribution in [0.5, 0.6) is 5.75 Å². The van der Waals surface area contributed by atoms with Gasteiger partial charge in [0.1, 0.15) is 11.8 Å². The Morgan fingerprint density at radius 2 is 2.29 bits per heavy atom. The van der Waals surface area contributed by atoms with Crippen molar-refractivity contribution in [3.63, 3.8) is 0 Å². The molecule has 1 fully saturated rings. The van der Waals surface area contributed by atoms with Crippen LogP contribution in [0.15, 0.2) is 23.2 Å². The minimum absolute atomic E-state index is 0.188. The van der Waals surface area contributed by atoms with Crippen molar-refractivity contribution in [2.75, 3.05) is 0 Å². The highest BCUT2D eigenvalue weighted by atomic mass is 16.6. The number of hydrogen-bond acceptors (Lipinski definition) is 4. The molecule has 0 heterocycles. The minimum Gasteiger partial charge on any atom is -0.507 e. The van der Waals surface area contributed by atoms with E-state index in [-0.39, 0.29) is 16.7 Å². The van der Waals surface area contributed by atoms with Crippen molar-refractivity contribution >= 4 is 6.21 Å². The Morgan fingerprint density at radius 3 is 2.88 bits per heavy atom. The molecule has 1 saturated carbocycles. The molecule has 1 N–H and O–H groups in total. The Labute approximate surface area is 99.0 Å². The highest BCUT2D eigenvalue weighted by Gasteiger charge is 2.39. The zero-order valence-electron chi connectivity index (χ0n) is 9.54. The number of aryl methyl sites for hydroxylation is 1. The summed E-state index contributed by atoms with van der Waals surface area (Å²) >= 11 is 0. The molecule has 0 radical (unpaired) electrons. The number of phenols is 1. The minimum atomic E-state index is -0.557. The molecule has 5 heteroatoms. The normalized spacial score (nSPS) is 23.6.